The Bertz CT molecular complexity index is 777. The summed E-state index contributed by atoms with van der Waals surface area (Å²) in [6, 6.07) is 7.35. The number of carbonyl (C=O) groups excluding carboxylic acids is 1. The average Bonchev–Trinajstić information content (AvgIpc) is 3.06. The highest BCUT2D eigenvalue weighted by molar-refractivity contribution is 7.14. The van der Waals surface area contributed by atoms with Crippen molar-refractivity contribution < 1.29 is 9.21 Å². The van der Waals surface area contributed by atoms with Gasteiger partial charge in [0.15, 0.2) is 5.13 Å². The van der Waals surface area contributed by atoms with Crippen LogP contribution in [0.3, 0.4) is 0 Å². The van der Waals surface area contributed by atoms with Gasteiger partial charge in [-0.25, -0.2) is 4.98 Å². The molecule has 0 bridgehead atoms. The largest absolute Gasteiger partial charge is 0.466 e. The lowest BCUT2D eigenvalue weighted by Crippen LogP contribution is -2.11. The van der Waals surface area contributed by atoms with Crippen molar-refractivity contribution >= 4 is 22.4 Å². The van der Waals surface area contributed by atoms with Gasteiger partial charge in [-0.2, -0.15) is 0 Å². The van der Waals surface area contributed by atoms with Gasteiger partial charge in [0, 0.05) is 11.6 Å². The van der Waals surface area contributed by atoms with E-state index in [1.165, 1.54) is 11.3 Å². The van der Waals surface area contributed by atoms with Gasteiger partial charge in [0.1, 0.15) is 17.2 Å². The van der Waals surface area contributed by atoms with Crippen molar-refractivity contribution in [1.29, 1.82) is 0 Å². The molecule has 0 fully saturated rings. The molecule has 0 saturated carbocycles. The number of anilines is 1. The van der Waals surface area contributed by atoms with Crippen molar-refractivity contribution in [3.05, 3.63) is 52.9 Å². The van der Waals surface area contributed by atoms with Crippen LogP contribution in [0.25, 0.3) is 11.4 Å². The molecule has 0 aliphatic carbocycles. The molecule has 5 nitrogen and oxygen atoms in total. The van der Waals surface area contributed by atoms with E-state index in [0.29, 0.717) is 22.2 Å². The Balaban J connectivity index is 1.79. The number of hydrogen-bond acceptors (Lipinski definition) is 5. The molecule has 0 saturated heterocycles. The summed E-state index contributed by atoms with van der Waals surface area (Å²) in [5, 5.41) is 5.19. The number of thiazole rings is 1. The predicted octanol–water partition coefficient (Wildman–Crippen LogP) is 3.67. The zero-order chi connectivity index (χ0) is 14.8. The summed E-state index contributed by atoms with van der Waals surface area (Å²) in [6.45, 7) is 3.58. The number of pyridine rings is 1. The van der Waals surface area contributed by atoms with Crippen molar-refractivity contribution in [1.82, 2.24) is 9.97 Å². The van der Waals surface area contributed by atoms with Gasteiger partial charge in [-0.3, -0.25) is 15.1 Å². The van der Waals surface area contributed by atoms with Crippen molar-refractivity contribution in [2.24, 2.45) is 0 Å². The van der Waals surface area contributed by atoms with E-state index in [2.05, 4.69) is 15.3 Å². The van der Waals surface area contributed by atoms with E-state index in [0.717, 1.165) is 11.4 Å². The third-order valence-corrected chi connectivity index (χ3v) is 3.70. The van der Waals surface area contributed by atoms with E-state index >= 15 is 0 Å². The zero-order valence-corrected chi connectivity index (χ0v) is 12.4. The van der Waals surface area contributed by atoms with E-state index in [1.807, 2.05) is 30.5 Å². The van der Waals surface area contributed by atoms with Crippen molar-refractivity contribution in [2.75, 3.05) is 5.32 Å². The Labute approximate surface area is 125 Å². The Hall–Kier alpha value is -2.47. The van der Waals surface area contributed by atoms with Gasteiger partial charge >= 0.3 is 0 Å². The maximum Gasteiger partial charge on any atom is 0.260 e. The van der Waals surface area contributed by atoms with E-state index < -0.39 is 0 Å². The highest BCUT2D eigenvalue weighted by Crippen LogP contribution is 2.24. The molecule has 0 aliphatic heterocycles. The topological polar surface area (TPSA) is 68.0 Å². The van der Waals surface area contributed by atoms with Gasteiger partial charge in [0.2, 0.25) is 0 Å². The van der Waals surface area contributed by atoms with Crippen molar-refractivity contribution in [3.63, 3.8) is 0 Å². The first-order valence-electron chi connectivity index (χ1n) is 6.39. The Morgan fingerprint density at radius 1 is 1.29 bits per heavy atom. The Morgan fingerprint density at radius 2 is 2.14 bits per heavy atom. The van der Waals surface area contributed by atoms with Crippen molar-refractivity contribution in [3.8, 4) is 11.4 Å². The number of rotatable bonds is 3. The van der Waals surface area contributed by atoms with E-state index in [1.54, 1.807) is 19.2 Å². The monoisotopic (exact) mass is 299 g/mol. The molecule has 0 spiro atoms. The number of nitrogens with zero attached hydrogens (tertiary/aromatic N) is 2. The number of furan rings is 1. The summed E-state index contributed by atoms with van der Waals surface area (Å²) in [6.07, 6.45) is 1.71. The quantitative estimate of drug-likeness (QED) is 0.801. The lowest BCUT2D eigenvalue weighted by Gasteiger charge is -1.99. The molecule has 0 unspecified atom stereocenters. The summed E-state index contributed by atoms with van der Waals surface area (Å²) in [5.74, 6) is 1.10. The van der Waals surface area contributed by atoms with Gasteiger partial charge in [-0.05, 0) is 32.0 Å². The second-order valence-electron chi connectivity index (χ2n) is 4.53. The highest BCUT2D eigenvalue weighted by Gasteiger charge is 2.15. The molecule has 3 rings (SSSR count). The molecule has 106 valence electrons. The first kappa shape index (κ1) is 13.5. The second-order valence-corrected chi connectivity index (χ2v) is 5.39. The molecule has 0 aliphatic rings. The highest BCUT2D eigenvalue weighted by atomic mass is 32.1. The molecular formula is C15H13N3O2S. The second kappa shape index (κ2) is 5.49. The van der Waals surface area contributed by atoms with E-state index in [4.69, 9.17) is 4.42 Å². The van der Waals surface area contributed by atoms with Crippen LogP contribution in [0.1, 0.15) is 21.9 Å². The van der Waals surface area contributed by atoms with Gasteiger partial charge in [0.25, 0.3) is 5.91 Å². The molecule has 1 N–H and O–H groups in total. The maximum atomic E-state index is 12.2. The van der Waals surface area contributed by atoms with E-state index in [9.17, 15) is 4.79 Å². The predicted molar refractivity (Wildman–Crippen MR) is 81.5 cm³/mol. The summed E-state index contributed by atoms with van der Waals surface area (Å²) in [4.78, 5) is 20.8. The van der Waals surface area contributed by atoms with Gasteiger partial charge in [-0.15, -0.1) is 11.3 Å². The van der Waals surface area contributed by atoms with Crippen LogP contribution < -0.4 is 5.32 Å². The Kier molecular flexibility index (Phi) is 3.53. The van der Waals surface area contributed by atoms with E-state index in [-0.39, 0.29) is 5.91 Å². The van der Waals surface area contributed by atoms with Crippen LogP contribution in [0, 0.1) is 13.8 Å². The molecule has 0 aromatic carbocycles. The average molecular weight is 299 g/mol. The third kappa shape index (κ3) is 2.85. The molecule has 21 heavy (non-hydrogen) atoms. The Morgan fingerprint density at radius 3 is 2.81 bits per heavy atom. The minimum absolute atomic E-state index is 0.216. The normalized spacial score (nSPS) is 10.6. The molecule has 3 heterocycles. The zero-order valence-electron chi connectivity index (χ0n) is 11.6. The third-order valence-electron chi connectivity index (χ3n) is 2.94. The number of aromatic nitrogens is 2. The summed E-state index contributed by atoms with van der Waals surface area (Å²) in [5.41, 5.74) is 2.06. The summed E-state index contributed by atoms with van der Waals surface area (Å²) >= 11 is 1.37. The van der Waals surface area contributed by atoms with Crippen LogP contribution in [-0.4, -0.2) is 15.9 Å². The lowest BCUT2D eigenvalue weighted by molar-refractivity contribution is 0.102. The van der Waals surface area contributed by atoms with Crippen LogP contribution >= 0.6 is 11.3 Å². The molecule has 1 amide bonds. The summed E-state index contributed by atoms with van der Waals surface area (Å²) < 4.78 is 5.36. The first-order chi connectivity index (χ1) is 10.1. The van der Waals surface area contributed by atoms with Gasteiger partial charge < -0.3 is 4.42 Å². The minimum Gasteiger partial charge on any atom is -0.466 e. The van der Waals surface area contributed by atoms with Gasteiger partial charge in [-0.1, -0.05) is 6.07 Å². The molecule has 3 aromatic heterocycles. The number of hydrogen-bond donors (Lipinski definition) is 1. The molecule has 0 radical (unpaired) electrons. The fourth-order valence-corrected chi connectivity index (χ4v) is 2.68. The van der Waals surface area contributed by atoms with Crippen LogP contribution in [0.2, 0.25) is 0 Å². The molecular weight excluding hydrogens is 286 g/mol. The standard InChI is InChI=1S/C15H13N3O2S/c1-9-7-11(10(2)20-9)14(19)18-15-17-13(8-21-15)12-5-3-4-6-16-12/h3-8H,1-2H3,(H,17,18,19). The minimum atomic E-state index is -0.216. The van der Waals surface area contributed by atoms with Crippen LogP contribution in [0.5, 0.6) is 0 Å². The first-order valence-corrected chi connectivity index (χ1v) is 7.27. The fourth-order valence-electron chi connectivity index (χ4n) is 1.98. The van der Waals surface area contributed by atoms with Crippen molar-refractivity contribution in [2.45, 2.75) is 13.8 Å². The van der Waals surface area contributed by atoms with Crippen LogP contribution in [-0.2, 0) is 0 Å². The number of carbonyl (C=O) groups is 1. The lowest BCUT2D eigenvalue weighted by atomic mass is 10.2. The number of aryl methyl sites for hydroxylation is 2. The van der Waals surface area contributed by atoms with Gasteiger partial charge in [0.05, 0.1) is 11.3 Å². The van der Waals surface area contributed by atoms with Crippen LogP contribution in [0.4, 0.5) is 5.13 Å². The summed E-state index contributed by atoms with van der Waals surface area (Å²) in [7, 11) is 0. The SMILES string of the molecule is Cc1cc(C(=O)Nc2nc(-c3ccccn3)cs2)c(C)o1. The maximum absolute atomic E-state index is 12.2. The number of nitrogens with one attached hydrogen (secondary N) is 1. The molecule has 0 atom stereocenters. The van der Waals surface area contributed by atoms with Crippen LogP contribution in [0.15, 0.2) is 40.3 Å². The smallest absolute Gasteiger partial charge is 0.260 e. The number of amides is 1. The fraction of sp³-hybridized carbons (Fsp3) is 0.133. The molecule has 3 aromatic rings. The molecule has 6 heteroatoms.